The topological polar surface area (TPSA) is 67.8 Å². The number of hydrogen-bond acceptors (Lipinski definition) is 4. The Morgan fingerprint density at radius 2 is 2.08 bits per heavy atom. The second kappa shape index (κ2) is 8.49. The summed E-state index contributed by atoms with van der Waals surface area (Å²) < 4.78 is 11.4. The molecule has 2 fully saturated rings. The maximum Gasteiger partial charge on any atom is 0.220 e. The van der Waals surface area contributed by atoms with Crippen molar-refractivity contribution in [2.24, 2.45) is 5.92 Å². The van der Waals surface area contributed by atoms with Crippen molar-refractivity contribution in [1.82, 2.24) is 5.32 Å². The molecule has 1 aromatic rings. The van der Waals surface area contributed by atoms with Crippen molar-refractivity contribution in [3.8, 4) is 5.75 Å². The molecule has 1 amide bonds. The van der Waals surface area contributed by atoms with Crippen LogP contribution in [0.1, 0.15) is 38.5 Å². The van der Waals surface area contributed by atoms with Gasteiger partial charge in [-0.25, -0.2) is 0 Å². The van der Waals surface area contributed by atoms with Crippen LogP contribution in [0.3, 0.4) is 0 Å². The standard InChI is InChI=1S/C19H27NO4/c21-18(11-9-15-7-4-12-23-15)20-13-14-8-10-17(19(14)22)24-16-5-2-1-3-6-16/h1-3,5-6,14-15,17,19,22H,4,7-13H2,(H,20,21)/t14-,15+,17-,19-/m1/s1. The first kappa shape index (κ1) is 17.2. The molecule has 2 N–H and O–H groups in total. The number of nitrogens with one attached hydrogen (secondary N) is 1. The molecule has 5 heteroatoms. The molecule has 0 bridgehead atoms. The lowest BCUT2D eigenvalue weighted by molar-refractivity contribution is -0.122. The van der Waals surface area contributed by atoms with Gasteiger partial charge in [0.15, 0.2) is 0 Å². The van der Waals surface area contributed by atoms with Crippen molar-refractivity contribution in [3.05, 3.63) is 30.3 Å². The van der Waals surface area contributed by atoms with Crippen molar-refractivity contribution in [2.75, 3.05) is 13.2 Å². The van der Waals surface area contributed by atoms with Crippen molar-refractivity contribution >= 4 is 5.91 Å². The lowest BCUT2D eigenvalue weighted by Crippen LogP contribution is -2.37. The molecular formula is C19H27NO4. The molecule has 1 saturated carbocycles. The number of para-hydroxylation sites is 1. The van der Waals surface area contributed by atoms with Crippen LogP contribution >= 0.6 is 0 Å². The third kappa shape index (κ3) is 4.71. The van der Waals surface area contributed by atoms with Crippen LogP contribution in [0.5, 0.6) is 5.75 Å². The van der Waals surface area contributed by atoms with E-state index in [1.807, 2.05) is 30.3 Å². The second-order valence-corrected chi connectivity index (χ2v) is 6.78. The van der Waals surface area contributed by atoms with Gasteiger partial charge in [0.1, 0.15) is 11.9 Å². The fourth-order valence-electron chi connectivity index (χ4n) is 3.55. The Morgan fingerprint density at radius 1 is 1.25 bits per heavy atom. The molecule has 132 valence electrons. The normalized spacial score (nSPS) is 29.5. The van der Waals surface area contributed by atoms with Gasteiger partial charge < -0.3 is 19.9 Å². The van der Waals surface area contributed by atoms with Crippen LogP contribution in [-0.4, -0.2) is 42.5 Å². The minimum atomic E-state index is -0.538. The van der Waals surface area contributed by atoms with Gasteiger partial charge in [-0.3, -0.25) is 4.79 Å². The van der Waals surface area contributed by atoms with Crippen LogP contribution < -0.4 is 10.1 Å². The van der Waals surface area contributed by atoms with E-state index < -0.39 is 6.10 Å². The van der Waals surface area contributed by atoms with E-state index in [1.165, 1.54) is 0 Å². The van der Waals surface area contributed by atoms with E-state index in [4.69, 9.17) is 9.47 Å². The summed E-state index contributed by atoms with van der Waals surface area (Å²) in [5.41, 5.74) is 0. The number of aliphatic hydroxyl groups is 1. The van der Waals surface area contributed by atoms with Gasteiger partial charge >= 0.3 is 0 Å². The van der Waals surface area contributed by atoms with Gasteiger partial charge in [-0.15, -0.1) is 0 Å². The van der Waals surface area contributed by atoms with Gasteiger partial charge in [-0.2, -0.15) is 0 Å². The monoisotopic (exact) mass is 333 g/mol. The van der Waals surface area contributed by atoms with Gasteiger partial charge in [0.05, 0.1) is 12.2 Å². The van der Waals surface area contributed by atoms with Crippen LogP contribution in [0.25, 0.3) is 0 Å². The number of carbonyl (C=O) groups is 1. The fraction of sp³-hybridized carbons (Fsp3) is 0.632. The van der Waals surface area contributed by atoms with Crippen LogP contribution in [-0.2, 0) is 9.53 Å². The first-order valence-electron chi connectivity index (χ1n) is 9.00. The highest BCUT2D eigenvalue weighted by atomic mass is 16.5. The molecule has 1 aliphatic heterocycles. The molecule has 0 spiro atoms. The molecule has 24 heavy (non-hydrogen) atoms. The molecule has 1 saturated heterocycles. The van der Waals surface area contributed by atoms with Gasteiger partial charge in [-0.05, 0) is 44.2 Å². The molecule has 3 rings (SSSR count). The summed E-state index contributed by atoms with van der Waals surface area (Å²) >= 11 is 0. The van der Waals surface area contributed by atoms with Gasteiger partial charge in [0.25, 0.3) is 0 Å². The van der Waals surface area contributed by atoms with E-state index in [0.717, 1.165) is 44.5 Å². The fourth-order valence-corrected chi connectivity index (χ4v) is 3.55. The lowest BCUT2D eigenvalue weighted by Gasteiger charge is -2.21. The Morgan fingerprint density at radius 3 is 2.83 bits per heavy atom. The molecule has 1 aliphatic carbocycles. The summed E-state index contributed by atoms with van der Waals surface area (Å²) in [6.07, 6.45) is 4.64. The number of amides is 1. The molecule has 0 radical (unpaired) electrons. The molecule has 1 aromatic carbocycles. The molecular weight excluding hydrogens is 306 g/mol. The van der Waals surface area contributed by atoms with Crippen LogP contribution in [0, 0.1) is 5.92 Å². The predicted molar refractivity (Wildman–Crippen MR) is 90.8 cm³/mol. The average molecular weight is 333 g/mol. The number of rotatable bonds is 7. The van der Waals surface area contributed by atoms with Crippen LogP contribution in [0.4, 0.5) is 0 Å². The van der Waals surface area contributed by atoms with Gasteiger partial charge in [-0.1, -0.05) is 18.2 Å². The van der Waals surface area contributed by atoms with Gasteiger partial charge in [0, 0.05) is 25.5 Å². The third-order valence-electron chi connectivity index (χ3n) is 5.00. The number of aliphatic hydroxyl groups excluding tert-OH is 1. The largest absolute Gasteiger partial charge is 0.488 e. The van der Waals surface area contributed by atoms with E-state index in [2.05, 4.69) is 5.32 Å². The minimum absolute atomic E-state index is 0.0464. The Labute approximate surface area is 143 Å². The molecule has 0 unspecified atom stereocenters. The van der Waals surface area contributed by atoms with E-state index in [1.54, 1.807) is 0 Å². The zero-order valence-corrected chi connectivity index (χ0v) is 14.0. The first-order chi connectivity index (χ1) is 11.7. The van der Waals surface area contributed by atoms with Crippen LogP contribution in [0.15, 0.2) is 30.3 Å². The highest BCUT2D eigenvalue weighted by molar-refractivity contribution is 5.75. The SMILES string of the molecule is O=C(CC[C@@H]1CCCO1)NC[C@H]1CC[C@@H](Oc2ccccc2)[C@@H]1O. The summed E-state index contributed by atoms with van der Waals surface area (Å²) in [6, 6.07) is 9.57. The maximum atomic E-state index is 12.0. The summed E-state index contributed by atoms with van der Waals surface area (Å²) in [5.74, 6) is 0.887. The van der Waals surface area contributed by atoms with Crippen molar-refractivity contribution in [2.45, 2.75) is 56.8 Å². The summed E-state index contributed by atoms with van der Waals surface area (Å²) in [6.45, 7) is 1.34. The van der Waals surface area contributed by atoms with Crippen molar-refractivity contribution < 1.29 is 19.4 Å². The van der Waals surface area contributed by atoms with Gasteiger partial charge in [0.2, 0.25) is 5.91 Å². The number of hydrogen-bond donors (Lipinski definition) is 2. The minimum Gasteiger partial charge on any atom is -0.488 e. The number of benzene rings is 1. The number of ether oxygens (including phenoxy) is 2. The van der Waals surface area contributed by atoms with E-state index in [9.17, 15) is 9.90 Å². The Hall–Kier alpha value is -1.59. The second-order valence-electron chi connectivity index (χ2n) is 6.78. The first-order valence-corrected chi connectivity index (χ1v) is 9.00. The molecule has 4 atom stereocenters. The van der Waals surface area contributed by atoms with Crippen molar-refractivity contribution in [3.63, 3.8) is 0 Å². The zero-order chi connectivity index (χ0) is 16.8. The average Bonchev–Trinajstić information content (AvgIpc) is 3.23. The van der Waals surface area contributed by atoms with E-state index >= 15 is 0 Å². The van der Waals surface area contributed by atoms with E-state index in [-0.39, 0.29) is 24.0 Å². The summed E-state index contributed by atoms with van der Waals surface area (Å²) in [7, 11) is 0. The van der Waals surface area contributed by atoms with Crippen molar-refractivity contribution in [1.29, 1.82) is 0 Å². The Kier molecular flexibility index (Phi) is 6.10. The number of carbonyl (C=O) groups excluding carboxylic acids is 1. The third-order valence-corrected chi connectivity index (χ3v) is 5.00. The lowest BCUT2D eigenvalue weighted by atomic mass is 10.1. The zero-order valence-electron chi connectivity index (χ0n) is 14.0. The maximum absolute atomic E-state index is 12.0. The quantitative estimate of drug-likeness (QED) is 0.803. The summed E-state index contributed by atoms with van der Waals surface area (Å²) in [5, 5.41) is 13.4. The highest BCUT2D eigenvalue weighted by Gasteiger charge is 2.36. The van der Waals surface area contributed by atoms with E-state index in [0.29, 0.717) is 13.0 Å². The molecule has 0 aromatic heterocycles. The Bertz CT molecular complexity index is 515. The Balaban J connectivity index is 1.37. The van der Waals surface area contributed by atoms with Crippen LogP contribution in [0.2, 0.25) is 0 Å². The highest BCUT2D eigenvalue weighted by Crippen LogP contribution is 2.29. The summed E-state index contributed by atoms with van der Waals surface area (Å²) in [4.78, 5) is 12.0. The molecule has 1 heterocycles. The smallest absolute Gasteiger partial charge is 0.220 e. The predicted octanol–water partition coefficient (Wildman–Crippen LogP) is 2.28. The molecule has 2 aliphatic rings. The molecule has 5 nitrogen and oxygen atoms in total.